The van der Waals surface area contributed by atoms with Crippen LogP contribution in [0, 0.1) is 5.82 Å². The van der Waals surface area contributed by atoms with E-state index in [0.717, 1.165) is 11.8 Å². The van der Waals surface area contributed by atoms with Crippen molar-refractivity contribution in [3.8, 4) is 0 Å². The molecule has 0 aliphatic rings. The normalized spacial score (nSPS) is 10.1. The van der Waals surface area contributed by atoms with Gasteiger partial charge < -0.3 is 11.1 Å². The molecule has 1 aromatic heterocycles. The van der Waals surface area contributed by atoms with E-state index in [-0.39, 0.29) is 5.69 Å². The number of nitrogens with zero attached hydrogens (tertiary/aromatic N) is 1. The summed E-state index contributed by atoms with van der Waals surface area (Å²) in [7, 11) is 0. The minimum Gasteiger partial charge on any atom is -0.326 e. The van der Waals surface area contributed by atoms with Gasteiger partial charge in [-0.2, -0.15) is 0 Å². The highest BCUT2D eigenvalue weighted by atomic mass is 19.1. The van der Waals surface area contributed by atoms with E-state index in [0.29, 0.717) is 12.2 Å². The number of amides is 1. The van der Waals surface area contributed by atoms with E-state index in [1.807, 2.05) is 12.1 Å². The second kappa shape index (κ2) is 5.37. The molecule has 4 nitrogen and oxygen atoms in total. The number of aromatic nitrogens is 1. The first kappa shape index (κ1) is 12.2. The molecular formula is C13H12FN3O. The molecule has 0 radical (unpaired) electrons. The molecule has 0 saturated carbocycles. The molecule has 0 aliphatic heterocycles. The molecule has 0 unspecified atom stereocenters. The highest BCUT2D eigenvalue weighted by Gasteiger charge is 2.09. The van der Waals surface area contributed by atoms with Gasteiger partial charge in [-0.05, 0) is 23.8 Å². The Balaban J connectivity index is 2.18. The Kier molecular flexibility index (Phi) is 3.64. The fourth-order valence-corrected chi connectivity index (χ4v) is 1.52. The number of anilines is 1. The highest BCUT2D eigenvalue weighted by Crippen LogP contribution is 2.15. The van der Waals surface area contributed by atoms with Crippen LogP contribution in [-0.2, 0) is 6.54 Å². The van der Waals surface area contributed by atoms with Gasteiger partial charge in [-0.15, -0.1) is 0 Å². The summed E-state index contributed by atoms with van der Waals surface area (Å²) in [5.74, 6) is -0.871. The van der Waals surface area contributed by atoms with E-state index >= 15 is 0 Å². The first-order valence-corrected chi connectivity index (χ1v) is 5.41. The largest absolute Gasteiger partial charge is 0.326 e. The molecule has 5 heteroatoms. The fraction of sp³-hybridized carbons (Fsp3) is 0.0769. The molecule has 0 fully saturated rings. The Morgan fingerprint density at radius 2 is 2.06 bits per heavy atom. The van der Waals surface area contributed by atoms with Crippen LogP contribution in [0.4, 0.5) is 10.1 Å². The summed E-state index contributed by atoms with van der Waals surface area (Å²) in [5.41, 5.74) is 7.19. The lowest BCUT2D eigenvalue weighted by Crippen LogP contribution is -2.15. The van der Waals surface area contributed by atoms with Crippen molar-refractivity contribution in [2.45, 2.75) is 6.54 Å². The zero-order valence-electron chi connectivity index (χ0n) is 9.56. The predicted octanol–water partition coefficient (Wildman–Crippen LogP) is 1.93. The summed E-state index contributed by atoms with van der Waals surface area (Å²) in [6.45, 7) is 0.327. The van der Waals surface area contributed by atoms with Crippen molar-refractivity contribution in [2.24, 2.45) is 5.73 Å². The lowest BCUT2D eigenvalue weighted by Gasteiger charge is -2.08. The summed E-state index contributed by atoms with van der Waals surface area (Å²) in [4.78, 5) is 15.6. The van der Waals surface area contributed by atoms with Gasteiger partial charge in [-0.25, -0.2) is 9.37 Å². The lowest BCUT2D eigenvalue weighted by molar-refractivity contribution is 0.102. The molecule has 92 valence electrons. The third-order valence-electron chi connectivity index (χ3n) is 2.45. The number of carbonyl (C=O) groups excluding carboxylic acids is 1. The van der Waals surface area contributed by atoms with Crippen LogP contribution in [0.1, 0.15) is 16.1 Å². The first-order valence-electron chi connectivity index (χ1n) is 5.41. The zero-order valence-corrected chi connectivity index (χ0v) is 9.56. The van der Waals surface area contributed by atoms with Crippen LogP contribution in [-0.4, -0.2) is 10.9 Å². The summed E-state index contributed by atoms with van der Waals surface area (Å²) in [6.07, 6.45) is 1.00. The molecule has 3 N–H and O–H groups in total. The van der Waals surface area contributed by atoms with Crippen LogP contribution in [0.3, 0.4) is 0 Å². The molecule has 0 saturated heterocycles. The average molecular weight is 245 g/mol. The van der Waals surface area contributed by atoms with Crippen molar-refractivity contribution in [1.29, 1.82) is 0 Å². The number of hydrogen-bond donors (Lipinski definition) is 2. The van der Waals surface area contributed by atoms with Gasteiger partial charge in [0.05, 0.1) is 6.20 Å². The number of carbonyl (C=O) groups is 1. The molecule has 2 aromatic rings. The third kappa shape index (κ3) is 2.70. The number of pyridine rings is 1. The molecule has 0 bridgehead atoms. The van der Waals surface area contributed by atoms with Gasteiger partial charge in [0.1, 0.15) is 11.5 Å². The molecule has 18 heavy (non-hydrogen) atoms. The van der Waals surface area contributed by atoms with Crippen LogP contribution in [0.25, 0.3) is 0 Å². The van der Waals surface area contributed by atoms with Gasteiger partial charge in [0.25, 0.3) is 5.91 Å². The van der Waals surface area contributed by atoms with Gasteiger partial charge >= 0.3 is 0 Å². The minimum absolute atomic E-state index is 0.156. The topological polar surface area (TPSA) is 68.0 Å². The molecule has 1 amide bonds. The van der Waals surface area contributed by atoms with E-state index in [1.165, 1.54) is 12.1 Å². The maximum Gasteiger partial charge on any atom is 0.274 e. The van der Waals surface area contributed by atoms with Crippen LogP contribution < -0.4 is 11.1 Å². The zero-order chi connectivity index (χ0) is 13.0. The van der Waals surface area contributed by atoms with Gasteiger partial charge in [-0.3, -0.25) is 4.79 Å². The molecular weight excluding hydrogens is 233 g/mol. The van der Waals surface area contributed by atoms with E-state index in [1.54, 1.807) is 12.1 Å². The van der Waals surface area contributed by atoms with E-state index in [9.17, 15) is 9.18 Å². The van der Waals surface area contributed by atoms with Crippen molar-refractivity contribution in [1.82, 2.24) is 4.98 Å². The Hall–Kier alpha value is -2.27. The molecule has 1 heterocycles. The van der Waals surface area contributed by atoms with Crippen molar-refractivity contribution < 1.29 is 9.18 Å². The monoisotopic (exact) mass is 245 g/mol. The van der Waals surface area contributed by atoms with Crippen molar-refractivity contribution in [3.05, 3.63) is 59.7 Å². The SMILES string of the molecule is NCc1ccccc1NC(=O)c1ccc(F)cn1. The molecule has 0 spiro atoms. The molecule has 0 atom stereocenters. The summed E-state index contributed by atoms with van der Waals surface area (Å²) >= 11 is 0. The summed E-state index contributed by atoms with van der Waals surface area (Å²) < 4.78 is 12.7. The van der Waals surface area contributed by atoms with Crippen LogP contribution in [0.15, 0.2) is 42.6 Å². The molecule has 1 aromatic carbocycles. The number of halogens is 1. The van der Waals surface area contributed by atoms with E-state index in [4.69, 9.17) is 5.73 Å². The second-order valence-electron chi connectivity index (χ2n) is 3.68. The van der Waals surface area contributed by atoms with E-state index < -0.39 is 11.7 Å². The maximum atomic E-state index is 12.7. The van der Waals surface area contributed by atoms with Crippen molar-refractivity contribution >= 4 is 11.6 Å². The molecule has 0 aliphatic carbocycles. The average Bonchev–Trinajstić information content (AvgIpc) is 2.40. The first-order chi connectivity index (χ1) is 8.70. The number of hydrogen-bond acceptors (Lipinski definition) is 3. The fourth-order valence-electron chi connectivity index (χ4n) is 1.52. The Morgan fingerprint density at radius 1 is 1.28 bits per heavy atom. The smallest absolute Gasteiger partial charge is 0.274 e. The molecule has 2 rings (SSSR count). The number of nitrogens with one attached hydrogen (secondary N) is 1. The standard InChI is InChI=1S/C13H12FN3O/c14-10-5-6-12(16-8-10)13(18)17-11-4-2-1-3-9(11)7-15/h1-6,8H,7,15H2,(H,17,18). The van der Waals surface area contributed by atoms with Gasteiger partial charge in [0.15, 0.2) is 0 Å². The van der Waals surface area contributed by atoms with Crippen LogP contribution >= 0.6 is 0 Å². The highest BCUT2D eigenvalue weighted by molar-refractivity contribution is 6.03. The van der Waals surface area contributed by atoms with Gasteiger partial charge in [-0.1, -0.05) is 18.2 Å². The second-order valence-corrected chi connectivity index (χ2v) is 3.68. The minimum atomic E-state index is -0.478. The quantitative estimate of drug-likeness (QED) is 0.868. The Morgan fingerprint density at radius 3 is 2.72 bits per heavy atom. The number of benzene rings is 1. The maximum absolute atomic E-state index is 12.7. The summed E-state index contributed by atoms with van der Waals surface area (Å²) in [6, 6.07) is 9.74. The van der Waals surface area contributed by atoms with Crippen molar-refractivity contribution in [3.63, 3.8) is 0 Å². The third-order valence-corrected chi connectivity index (χ3v) is 2.45. The Bertz CT molecular complexity index is 554. The lowest BCUT2D eigenvalue weighted by atomic mass is 10.1. The van der Waals surface area contributed by atoms with Gasteiger partial charge in [0.2, 0.25) is 0 Å². The van der Waals surface area contributed by atoms with Crippen molar-refractivity contribution in [2.75, 3.05) is 5.32 Å². The number of para-hydroxylation sites is 1. The summed E-state index contributed by atoms with van der Waals surface area (Å²) in [5, 5.41) is 2.69. The van der Waals surface area contributed by atoms with Crippen LogP contribution in [0.2, 0.25) is 0 Å². The van der Waals surface area contributed by atoms with Gasteiger partial charge in [0, 0.05) is 12.2 Å². The predicted molar refractivity (Wildman–Crippen MR) is 66.5 cm³/mol. The number of rotatable bonds is 3. The number of nitrogens with two attached hydrogens (primary N) is 1. The van der Waals surface area contributed by atoms with Crippen LogP contribution in [0.5, 0.6) is 0 Å². The Labute approximate surface area is 104 Å². The van der Waals surface area contributed by atoms with E-state index in [2.05, 4.69) is 10.3 Å².